The first-order valence-electron chi connectivity index (χ1n) is 8.37. The summed E-state index contributed by atoms with van der Waals surface area (Å²) < 4.78 is 6.55. The van der Waals surface area contributed by atoms with Gasteiger partial charge in [0.2, 0.25) is 0 Å². The van der Waals surface area contributed by atoms with Gasteiger partial charge in [-0.3, -0.25) is 0 Å². The summed E-state index contributed by atoms with van der Waals surface area (Å²) in [5, 5.41) is 2.13. The molecule has 0 fully saturated rings. The summed E-state index contributed by atoms with van der Waals surface area (Å²) >= 11 is 3.46. The zero-order valence-corrected chi connectivity index (χ0v) is 15.9. The van der Waals surface area contributed by atoms with Crippen molar-refractivity contribution in [1.29, 1.82) is 0 Å². The number of hydrogen-bond acceptors (Lipinski definition) is 3. The van der Waals surface area contributed by atoms with Crippen molar-refractivity contribution in [3.8, 4) is 5.75 Å². The van der Waals surface area contributed by atoms with E-state index in [-0.39, 0.29) is 5.97 Å². The van der Waals surface area contributed by atoms with Gasteiger partial charge in [0.15, 0.2) is 0 Å². The summed E-state index contributed by atoms with van der Waals surface area (Å²) in [5.74, 6) is 0.204. The number of nitrogens with zero attached hydrogens (tertiary/aromatic N) is 1. The molecular weight excluding hydrogens is 378 g/mol. The van der Waals surface area contributed by atoms with Gasteiger partial charge in [0.1, 0.15) is 5.75 Å². The Labute approximate surface area is 156 Å². The fourth-order valence-electron chi connectivity index (χ4n) is 2.82. The maximum Gasteiger partial charge on any atom is 0.343 e. The molecule has 0 aliphatic heterocycles. The second kappa shape index (κ2) is 7.70. The molecule has 3 nitrogen and oxygen atoms in total. The van der Waals surface area contributed by atoms with E-state index in [4.69, 9.17) is 4.74 Å². The first-order valence-corrected chi connectivity index (χ1v) is 9.16. The predicted octanol–water partition coefficient (Wildman–Crippen LogP) is 5.67. The third kappa shape index (κ3) is 4.02. The van der Waals surface area contributed by atoms with Crippen LogP contribution in [0, 0.1) is 0 Å². The number of esters is 1. The Morgan fingerprint density at radius 2 is 1.56 bits per heavy atom. The van der Waals surface area contributed by atoms with E-state index in [2.05, 4.69) is 34.7 Å². The molecule has 0 amide bonds. The largest absolute Gasteiger partial charge is 0.423 e. The molecule has 0 saturated heterocycles. The van der Waals surface area contributed by atoms with E-state index in [9.17, 15) is 4.79 Å². The van der Waals surface area contributed by atoms with Gasteiger partial charge in [0.05, 0.1) is 5.56 Å². The van der Waals surface area contributed by atoms with Gasteiger partial charge >= 0.3 is 5.97 Å². The summed E-state index contributed by atoms with van der Waals surface area (Å²) in [6.45, 7) is 6.11. The average Bonchev–Trinajstić information content (AvgIpc) is 2.63. The molecule has 0 aliphatic rings. The van der Waals surface area contributed by atoms with Crippen LogP contribution in [0.15, 0.2) is 65.1 Å². The Morgan fingerprint density at radius 3 is 2.24 bits per heavy atom. The van der Waals surface area contributed by atoms with Gasteiger partial charge in [-0.2, -0.15) is 0 Å². The van der Waals surface area contributed by atoms with E-state index in [1.807, 2.05) is 60.7 Å². The molecule has 0 bridgehead atoms. The summed E-state index contributed by atoms with van der Waals surface area (Å²) in [6.07, 6.45) is 0. The Hall–Kier alpha value is -2.33. The first-order chi connectivity index (χ1) is 12.1. The molecule has 0 heterocycles. The number of hydrogen-bond donors (Lipinski definition) is 0. The summed E-state index contributed by atoms with van der Waals surface area (Å²) in [5.41, 5.74) is 1.66. The topological polar surface area (TPSA) is 29.5 Å². The van der Waals surface area contributed by atoms with Gasteiger partial charge in [-0.05, 0) is 73.2 Å². The van der Waals surface area contributed by atoms with Crippen LogP contribution in [-0.4, -0.2) is 19.1 Å². The lowest BCUT2D eigenvalue weighted by atomic mass is 10.1. The third-order valence-electron chi connectivity index (χ3n) is 4.22. The van der Waals surface area contributed by atoms with Gasteiger partial charge in [-0.25, -0.2) is 4.79 Å². The van der Waals surface area contributed by atoms with Crippen molar-refractivity contribution in [3.05, 3.63) is 70.7 Å². The zero-order valence-electron chi connectivity index (χ0n) is 14.3. The monoisotopic (exact) mass is 397 g/mol. The van der Waals surface area contributed by atoms with Crippen LogP contribution in [-0.2, 0) is 0 Å². The normalized spacial score (nSPS) is 10.7. The minimum atomic E-state index is -0.345. The van der Waals surface area contributed by atoms with Crippen LogP contribution < -0.4 is 9.64 Å². The zero-order chi connectivity index (χ0) is 17.8. The molecule has 3 aromatic carbocycles. The molecule has 0 unspecified atom stereocenters. The van der Waals surface area contributed by atoms with Crippen LogP contribution in [0.5, 0.6) is 5.75 Å². The molecular formula is C21H20BrNO2. The molecule has 0 aliphatic carbocycles. The third-order valence-corrected chi connectivity index (χ3v) is 4.71. The van der Waals surface area contributed by atoms with Crippen molar-refractivity contribution >= 4 is 38.4 Å². The summed E-state index contributed by atoms with van der Waals surface area (Å²) in [6, 6.07) is 19.2. The van der Waals surface area contributed by atoms with Crippen LogP contribution in [0.4, 0.5) is 5.69 Å². The van der Waals surface area contributed by atoms with E-state index in [0.29, 0.717) is 11.3 Å². The van der Waals surface area contributed by atoms with Crippen molar-refractivity contribution in [2.45, 2.75) is 13.8 Å². The van der Waals surface area contributed by atoms with E-state index in [0.717, 1.165) is 34.0 Å². The molecule has 0 spiro atoms. The smallest absolute Gasteiger partial charge is 0.343 e. The summed E-state index contributed by atoms with van der Waals surface area (Å²) in [7, 11) is 0. The van der Waals surface area contributed by atoms with Gasteiger partial charge in [0.25, 0.3) is 0 Å². The number of carbonyl (C=O) groups is 1. The number of halogens is 1. The number of fused-ring (bicyclic) bond motifs is 1. The molecule has 0 N–H and O–H groups in total. The summed E-state index contributed by atoms with van der Waals surface area (Å²) in [4.78, 5) is 14.6. The highest BCUT2D eigenvalue weighted by Crippen LogP contribution is 2.25. The van der Waals surface area contributed by atoms with Crippen LogP contribution in [0.2, 0.25) is 0 Å². The predicted molar refractivity (Wildman–Crippen MR) is 107 cm³/mol. The second-order valence-corrected chi connectivity index (χ2v) is 6.68. The Balaban J connectivity index is 1.76. The van der Waals surface area contributed by atoms with Crippen molar-refractivity contribution in [2.24, 2.45) is 0 Å². The molecule has 128 valence electrons. The van der Waals surface area contributed by atoms with E-state index in [1.54, 1.807) is 0 Å². The molecule has 3 aromatic rings. The highest BCUT2D eigenvalue weighted by Gasteiger charge is 2.10. The second-order valence-electron chi connectivity index (χ2n) is 5.76. The fraction of sp³-hybridized carbons (Fsp3) is 0.190. The lowest BCUT2D eigenvalue weighted by molar-refractivity contribution is 0.0735. The standard InChI is InChI=1S/C21H20BrNO2/c1-3-23(4-2)19-10-6-15(7-11-19)21(24)25-20-12-8-16-13-18(22)9-5-17(16)14-20/h5-14H,3-4H2,1-2H3. The van der Waals surface area contributed by atoms with E-state index >= 15 is 0 Å². The number of benzene rings is 3. The number of rotatable bonds is 5. The van der Waals surface area contributed by atoms with Gasteiger partial charge in [0, 0.05) is 23.2 Å². The van der Waals surface area contributed by atoms with Gasteiger partial charge in [-0.15, -0.1) is 0 Å². The maximum absolute atomic E-state index is 12.4. The fourth-order valence-corrected chi connectivity index (χ4v) is 3.20. The van der Waals surface area contributed by atoms with Crippen molar-refractivity contribution in [2.75, 3.05) is 18.0 Å². The highest BCUT2D eigenvalue weighted by molar-refractivity contribution is 9.10. The van der Waals surface area contributed by atoms with Crippen molar-refractivity contribution in [1.82, 2.24) is 0 Å². The quantitative estimate of drug-likeness (QED) is 0.410. The van der Waals surface area contributed by atoms with E-state index < -0.39 is 0 Å². The number of ether oxygens (including phenoxy) is 1. The van der Waals surface area contributed by atoms with Crippen molar-refractivity contribution < 1.29 is 9.53 Å². The Morgan fingerprint density at radius 1 is 0.920 bits per heavy atom. The lowest BCUT2D eigenvalue weighted by Gasteiger charge is -2.20. The van der Waals surface area contributed by atoms with Crippen LogP contribution in [0.3, 0.4) is 0 Å². The SMILES string of the molecule is CCN(CC)c1ccc(C(=O)Oc2ccc3cc(Br)ccc3c2)cc1. The molecule has 4 heteroatoms. The minimum Gasteiger partial charge on any atom is -0.423 e. The van der Waals surface area contributed by atoms with Gasteiger partial charge in [-0.1, -0.05) is 28.1 Å². The van der Waals surface area contributed by atoms with Crippen molar-refractivity contribution in [3.63, 3.8) is 0 Å². The minimum absolute atomic E-state index is 0.345. The number of carbonyl (C=O) groups excluding carboxylic acids is 1. The molecule has 0 aromatic heterocycles. The van der Waals surface area contributed by atoms with E-state index in [1.165, 1.54) is 0 Å². The van der Waals surface area contributed by atoms with Crippen LogP contribution in [0.25, 0.3) is 10.8 Å². The first kappa shape index (κ1) is 17.5. The Kier molecular flexibility index (Phi) is 5.39. The highest BCUT2D eigenvalue weighted by atomic mass is 79.9. The lowest BCUT2D eigenvalue weighted by Crippen LogP contribution is -2.21. The average molecular weight is 398 g/mol. The Bertz CT molecular complexity index is 886. The molecule has 0 atom stereocenters. The van der Waals surface area contributed by atoms with Crippen LogP contribution >= 0.6 is 15.9 Å². The maximum atomic E-state index is 12.4. The molecule has 0 saturated carbocycles. The van der Waals surface area contributed by atoms with Gasteiger partial charge < -0.3 is 9.64 Å². The molecule has 0 radical (unpaired) electrons. The molecule has 3 rings (SSSR count). The van der Waals surface area contributed by atoms with Crippen LogP contribution in [0.1, 0.15) is 24.2 Å². The molecule has 25 heavy (non-hydrogen) atoms. The number of anilines is 1.